The number of thiophene rings is 1. The number of nitrogens with one attached hydrogen (secondary N) is 1. The number of hydrogen-bond donors (Lipinski definition) is 1. The molecule has 31 heavy (non-hydrogen) atoms. The quantitative estimate of drug-likeness (QED) is 0.623. The number of fused-ring (bicyclic) bond motifs is 1. The molecule has 0 aliphatic carbocycles. The van der Waals surface area contributed by atoms with Crippen molar-refractivity contribution in [1.82, 2.24) is 4.90 Å². The maximum absolute atomic E-state index is 12.9. The molecule has 2 amide bonds. The van der Waals surface area contributed by atoms with E-state index >= 15 is 0 Å². The minimum absolute atomic E-state index is 0.0599. The number of amides is 2. The highest BCUT2D eigenvalue weighted by atomic mass is 32.1. The minimum Gasteiger partial charge on any atom is -0.496 e. The normalized spacial score (nSPS) is 15.6. The molecule has 0 saturated carbocycles. The van der Waals surface area contributed by atoms with Crippen molar-refractivity contribution >= 4 is 28.8 Å². The van der Waals surface area contributed by atoms with E-state index in [2.05, 4.69) is 5.32 Å². The van der Waals surface area contributed by atoms with Crippen molar-refractivity contribution in [2.24, 2.45) is 0 Å². The number of methoxy groups -OCH3 is 1. The van der Waals surface area contributed by atoms with Crippen molar-refractivity contribution in [3.63, 3.8) is 0 Å². The topological polar surface area (TPSA) is 67.9 Å². The number of carbonyl (C=O) groups excluding carboxylic acids is 2. The molecule has 0 saturated heterocycles. The van der Waals surface area contributed by atoms with E-state index in [1.54, 1.807) is 31.1 Å². The molecule has 2 aromatic carbocycles. The fourth-order valence-electron chi connectivity index (χ4n) is 3.63. The van der Waals surface area contributed by atoms with Gasteiger partial charge in [0.25, 0.3) is 11.8 Å². The monoisotopic (exact) mass is 436 g/mol. The Morgan fingerprint density at radius 1 is 1.23 bits per heavy atom. The van der Waals surface area contributed by atoms with Crippen LogP contribution in [0, 0.1) is 0 Å². The number of carbonyl (C=O) groups is 2. The van der Waals surface area contributed by atoms with Crippen LogP contribution in [-0.2, 0) is 17.8 Å². The second kappa shape index (κ2) is 9.22. The van der Waals surface area contributed by atoms with Gasteiger partial charge in [-0.3, -0.25) is 9.59 Å². The zero-order chi connectivity index (χ0) is 21.8. The lowest BCUT2D eigenvalue weighted by molar-refractivity contribution is -0.137. The van der Waals surface area contributed by atoms with Gasteiger partial charge in [-0.05, 0) is 54.6 Å². The summed E-state index contributed by atoms with van der Waals surface area (Å²) in [6.45, 7) is 2.72. The molecule has 1 aromatic heterocycles. The van der Waals surface area contributed by atoms with Crippen LogP contribution in [0.1, 0.15) is 27.7 Å². The lowest BCUT2D eigenvalue weighted by Crippen LogP contribution is -2.39. The van der Waals surface area contributed by atoms with E-state index in [-0.39, 0.29) is 11.8 Å². The summed E-state index contributed by atoms with van der Waals surface area (Å²) in [6.07, 6.45) is 0.0950. The number of benzene rings is 2. The first-order valence-electron chi connectivity index (χ1n) is 10.1. The molecular weight excluding hydrogens is 412 g/mol. The van der Waals surface area contributed by atoms with Crippen molar-refractivity contribution in [1.29, 1.82) is 0 Å². The summed E-state index contributed by atoms with van der Waals surface area (Å²) >= 11 is 1.39. The van der Waals surface area contributed by atoms with E-state index in [9.17, 15) is 9.59 Å². The Labute approximate surface area is 185 Å². The molecule has 0 radical (unpaired) electrons. The van der Waals surface area contributed by atoms with Gasteiger partial charge in [-0.25, -0.2) is 0 Å². The van der Waals surface area contributed by atoms with Crippen molar-refractivity contribution in [3.05, 3.63) is 76.0 Å². The molecule has 0 bridgehead atoms. The van der Waals surface area contributed by atoms with Gasteiger partial charge in [-0.1, -0.05) is 24.3 Å². The van der Waals surface area contributed by atoms with Crippen LogP contribution in [0.5, 0.6) is 11.5 Å². The average Bonchev–Trinajstić information content (AvgIpc) is 3.29. The Balaban J connectivity index is 1.52. The van der Waals surface area contributed by atoms with Gasteiger partial charge in [0, 0.05) is 24.3 Å². The van der Waals surface area contributed by atoms with Gasteiger partial charge < -0.3 is 19.7 Å². The van der Waals surface area contributed by atoms with Crippen LogP contribution in [0.3, 0.4) is 0 Å². The predicted octanol–water partition coefficient (Wildman–Crippen LogP) is 4.36. The van der Waals surface area contributed by atoms with Crippen LogP contribution in [0.15, 0.2) is 60.0 Å². The van der Waals surface area contributed by atoms with Crippen molar-refractivity contribution in [2.45, 2.75) is 26.0 Å². The van der Waals surface area contributed by atoms with Crippen LogP contribution in [-0.4, -0.2) is 36.5 Å². The predicted molar refractivity (Wildman–Crippen MR) is 121 cm³/mol. The van der Waals surface area contributed by atoms with Crippen molar-refractivity contribution in [3.8, 4) is 11.5 Å². The number of anilines is 1. The minimum atomic E-state index is -0.578. The average molecular weight is 437 g/mol. The molecule has 4 rings (SSSR count). The fraction of sp³-hybridized carbons (Fsp3) is 0.250. The number of para-hydroxylation sites is 1. The van der Waals surface area contributed by atoms with Crippen LogP contribution >= 0.6 is 11.3 Å². The third-order valence-electron chi connectivity index (χ3n) is 5.23. The van der Waals surface area contributed by atoms with E-state index in [1.807, 2.05) is 47.8 Å². The van der Waals surface area contributed by atoms with Gasteiger partial charge >= 0.3 is 0 Å². The summed E-state index contributed by atoms with van der Waals surface area (Å²) in [6, 6.07) is 16.9. The second-order valence-corrected chi connectivity index (χ2v) is 8.28. The summed E-state index contributed by atoms with van der Waals surface area (Å²) in [7, 11) is 1.65. The van der Waals surface area contributed by atoms with Crippen molar-refractivity contribution in [2.75, 3.05) is 19.0 Å². The van der Waals surface area contributed by atoms with Crippen LogP contribution in [0.2, 0.25) is 0 Å². The Kier molecular flexibility index (Phi) is 6.23. The maximum Gasteiger partial charge on any atom is 0.265 e. The molecule has 1 aliphatic rings. The van der Waals surface area contributed by atoms with Gasteiger partial charge in [0.1, 0.15) is 11.5 Å². The third-order valence-corrected chi connectivity index (χ3v) is 6.10. The summed E-state index contributed by atoms with van der Waals surface area (Å²) in [5.41, 5.74) is 2.59. The second-order valence-electron chi connectivity index (χ2n) is 7.34. The Morgan fingerprint density at radius 3 is 2.84 bits per heavy atom. The molecule has 1 atom stereocenters. The zero-order valence-electron chi connectivity index (χ0n) is 17.5. The number of nitrogens with zero attached hydrogens (tertiary/aromatic N) is 1. The molecule has 7 heteroatoms. The molecule has 0 fully saturated rings. The van der Waals surface area contributed by atoms with E-state index in [1.165, 1.54) is 11.3 Å². The Morgan fingerprint density at radius 2 is 2.06 bits per heavy atom. The largest absolute Gasteiger partial charge is 0.496 e. The van der Waals surface area contributed by atoms with Gasteiger partial charge in [-0.15, -0.1) is 11.3 Å². The highest BCUT2D eigenvalue weighted by Crippen LogP contribution is 2.29. The summed E-state index contributed by atoms with van der Waals surface area (Å²) in [5.74, 6) is 1.26. The lowest BCUT2D eigenvalue weighted by atomic mass is 10.1. The van der Waals surface area contributed by atoms with Gasteiger partial charge in [0.05, 0.1) is 12.0 Å². The molecule has 2 heterocycles. The molecule has 1 unspecified atom stereocenters. The summed E-state index contributed by atoms with van der Waals surface area (Å²) in [4.78, 5) is 27.7. The molecule has 0 spiro atoms. The lowest BCUT2D eigenvalue weighted by Gasteiger charge is -2.22. The first-order chi connectivity index (χ1) is 15.0. The van der Waals surface area contributed by atoms with Crippen LogP contribution in [0.25, 0.3) is 0 Å². The highest BCUT2D eigenvalue weighted by molar-refractivity contribution is 7.12. The molecule has 160 valence electrons. The Bertz CT molecular complexity index is 1080. The third kappa shape index (κ3) is 4.72. The number of hydrogen-bond acceptors (Lipinski definition) is 5. The van der Waals surface area contributed by atoms with Crippen LogP contribution in [0.4, 0.5) is 5.69 Å². The van der Waals surface area contributed by atoms with Crippen LogP contribution < -0.4 is 14.8 Å². The molecule has 1 N–H and O–H groups in total. The highest BCUT2D eigenvalue weighted by Gasteiger charge is 2.28. The molecule has 6 nitrogen and oxygen atoms in total. The van der Waals surface area contributed by atoms with Gasteiger partial charge in [0.15, 0.2) is 6.10 Å². The SMILES string of the molecule is COc1ccccc1CCN1Cc2cc(NC(=O)c3cccs3)ccc2OC(C)C1=O. The Hall–Kier alpha value is -3.32. The van der Waals surface area contributed by atoms with Crippen molar-refractivity contribution < 1.29 is 19.1 Å². The molecule has 1 aliphatic heterocycles. The molecule has 3 aromatic rings. The summed E-state index contributed by atoms with van der Waals surface area (Å²) < 4.78 is 11.3. The first kappa shape index (κ1) is 20.9. The molecular formula is C24H24N2O4S. The smallest absolute Gasteiger partial charge is 0.265 e. The summed E-state index contributed by atoms with van der Waals surface area (Å²) in [5, 5.41) is 4.79. The maximum atomic E-state index is 12.9. The number of rotatable bonds is 6. The number of ether oxygens (including phenoxy) is 2. The van der Waals surface area contributed by atoms with Gasteiger partial charge in [0.2, 0.25) is 0 Å². The van der Waals surface area contributed by atoms with E-state index in [0.717, 1.165) is 16.9 Å². The standard InChI is InChI=1S/C24H24N2O4S/c1-16-24(28)26(12-11-17-6-3-4-7-20(17)29-2)15-18-14-19(9-10-21(18)30-16)25-23(27)22-8-5-13-31-22/h3-10,13-14,16H,11-12,15H2,1-2H3,(H,25,27). The zero-order valence-corrected chi connectivity index (χ0v) is 18.3. The first-order valence-corrected chi connectivity index (χ1v) is 11.0. The van der Waals surface area contributed by atoms with E-state index in [4.69, 9.17) is 9.47 Å². The fourth-order valence-corrected chi connectivity index (χ4v) is 4.25. The van der Waals surface area contributed by atoms with E-state index < -0.39 is 6.10 Å². The van der Waals surface area contributed by atoms with Gasteiger partial charge in [-0.2, -0.15) is 0 Å². The van der Waals surface area contributed by atoms with E-state index in [0.29, 0.717) is 35.8 Å².